The summed E-state index contributed by atoms with van der Waals surface area (Å²) in [5, 5.41) is 8.97. The van der Waals surface area contributed by atoms with E-state index in [1.807, 2.05) is 12.1 Å². The van der Waals surface area contributed by atoms with E-state index in [0.29, 0.717) is 29.5 Å². The Morgan fingerprint density at radius 3 is 3.10 bits per heavy atom. The highest BCUT2D eigenvalue weighted by molar-refractivity contribution is 8.00. The molecule has 1 aromatic rings. The molecule has 20 heavy (non-hydrogen) atoms. The zero-order valence-corrected chi connectivity index (χ0v) is 11.8. The summed E-state index contributed by atoms with van der Waals surface area (Å²) >= 11 is 1.53. The van der Waals surface area contributed by atoms with Gasteiger partial charge in [0, 0.05) is 6.54 Å². The molecule has 0 saturated carbocycles. The molecule has 0 radical (unpaired) electrons. The molecule has 0 aliphatic carbocycles. The second kappa shape index (κ2) is 5.41. The summed E-state index contributed by atoms with van der Waals surface area (Å²) in [4.78, 5) is 13.5. The van der Waals surface area contributed by atoms with Crippen molar-refractivity contribution >= 4 is 17.7 Å². The van der Waals surface area contributed by atoms with E-state index in [-0.39, 0.29) is 24.7 Å². The number of methoxy groups -OCH3 is 1. The van der Waals surface area contributed by atoms with Gasteiger partial charge >= 0.3 is 0 Å². The van der Waals surface area contributed by atoms with E-state index in [9.17, 15) is 4.79 Å². The molecular formula is C13H15NO5S. The van der Waals surface area contributed by atoms with Crippen LogP contribution in [0.1, 0.15) is 10.9 Å². The number of hydrogen-bond donors (Lipinski definition) is 1. The lowest BCUT2D eigenvalue weighted by molar-refractivity contribution is -0.128. The molecule has 1 atom stereocenters. The van der Waals surface area contributed by atoms with Crippen LogP contribution in [0.5, 0.6) is 17.2 Å². The van der Waals surface area contributed by atoms with Crippen LogP contribution >= 0.6 is 11.8 Å². The molecule has 7 heteroatoms. The third-order valence-electron chi connectivity index (χ3n) is 3.27. The Bertz CT molecular complexity index is 536. The van der Waals surface area contributed by atoms with E-state index in [4.69, 9.17) is 19.3 Å². The highest BCUT2D eigenvalue weighted by atomic mass is 32.2. The van der Waals surface area contributed by atoms with Gasteiger partial charge in [-0.3, -0.25) is 4.79 Å². The molecule has 2 aliphatic heterocycles. The van der Waals surface area contributed by atoms with Crippen LogP contribution in [0, 0.1) is 0 Å². The largest absolute Gasteiger partial charge is 0.493 e. The van der Waals surface area contributed by atoms with E-state index >= 15 is 0 Å². The van der Waals surface area contributed by atoms with Crippen molar-refractivity contribution in [2.75, 3.05) is 32.8 Å². The van der Waals surface area contributed by atoms with Crippen molar-refractivity contribution in [3.63, 3.8) is 0 Å². The summed E-state index contributed by atoms with van der Waals surface area (Å²) in [5.41, 5.74) is 0.912. The van der Waals surface area contributed by atoms with Crippen molar-refractivity contribution in [3.05, 3.63) is 17.7 Å². The summed E-state index contributed by atoms with van der Waals surface area (Å²) in [6, 6.07) is 3.72. The zero-order valence-electron chi connectivity index (χ0n) is 11.0. The number of aliphatic hydroxyl groups excluding tert-OH is 1. The van der Waals surface area contributed by atoms with Crippen molar-refractivity contribution in [1.29, 1.82) is 0 Å². The minimum Gasteiger partial charge on any atom is -0.493 e. The van der Waals surface area contributed by atoms with Crippen LogP contribution in [-0.4, -0.2) is 48.7 Å². The van der Waals surface area contributed by atoms with Crippen molar-refractivity contribution < 1.29 is 24.1 Å². The molecule has 6 nitrogen and oxygen atoms in total. The summed E-state index contributed by atoms with van der Waals surface area (Å²) in [5.74, 6) is 2.27. The fourth-order valence-corrected chi connectivity index (χ4v) is 3.57. The van der Waals surface area contributed by atoms with Crippen molar-refractivity contribution in [2.24, 2.45) is 0 Å². The Balaban J connectivity index is 1.96. The number of ether oxygens (including phenoxy) is 3. The van der Waals surface area contributed by atoms with Crippen molar-refractivity contribution in [2.45, 2.75) is 5.37 Å². The molecule has 1 aromatic carbocycles. The molecule has 3 rings (SSSR count). The molecule has 1 unspecified atom stereocenters. The number of β-amino-alcohol motifs (C(OH)–C–C–N with tert-alkyl or cyclic N) is 1. The van der Waals surface area contributed by atoms with Crippen LogP contribution in [0.2, 0.25) is 0 Å². The number of rotatable bonds is 4. The molecule has 108 valence electrons. The predicted octanol–water partition coefficient (Wildman–Crippen LogP) is 0.990. The van der Waals surface area contributed by atoms with Gasteiger partial charge in [0.2, 0.25) is 18.4 Å². The summed E-state index contributed by atoms with van der Waals surface area (Å²) < 4.78 is 16.1. The van der Waals surface area contributed by atoms with Crippen LogP contribution in [0.15, 0.2) is 12.1 Å². The lowest BCUT2D eigenvalue weighted by Gasteiger charge is -2.23. The molecular weight excluding hydrogens is 282 g/mol. The molecule has 1 saturated heterocycles. The van der Waals surface area contributed by atoms with E-state index in [1.54, 1.807) is 12.0 Å². The molecule has 2 aliphatic rings. The number of amides is 1. The third kappa shape index (κ3) is 2.16. The Morgan fingerprint density at radius 1 is 1.50 bits per heavy atom. The van der Waals surface area contributed by atoms with E-state index in [2.05, 4.69) is 0 Å². The molecule has 1 N–H and O–H groups in total. The van der Waals surface area contributed by atoms with Crippen LogP contribution in [0.25, 0.3) is 0 Å². The average Bonchev–Trinajstić information content (AvgIpc) is 3.06. The summed E-state index contributed by atoms with van der Waals surface area (Å²) in [6.07, 6.45) is 0. The predicted molar refractivity (Wildman–Crippen MR) is 73.1 cm³/mol. The minimum atomic E-state index is -0.127. The minimum absolute atomic E-state index is 0.0330. The highest BCUT2D eigenvalue weighted by Crippen LogP contribution is 2.47. The fourth-order valence-electron chi connectivity index (χ4n) is 2.37. The van der Waals surface area contributed by atoms with Gasteiger partial charge in [-0.2, -0.15) is 0 Å². The third-order valence-corrected chi connectivity index (χ3v) is 4.53. The molecule has 0 bridgehead atoms. The second-order valence-corrected chi connectivity index (χ2v) is 5.50. The second-order valence-electron chi connectivity index (χ2n) is 4.43. The number of nitrogens with zero attached hydrogens (tertiary/aromatic N) is 1. The number of aliphatic hydroxyl groups is 1. The molecule has 0 aromatic heterocycles. The first-order valence-corrected chi connectivity index (χ1v) is 7.29. The number of carbonyl (C=O) groups excluding carboxylic acids is 1. The van der Waals surface area contributed by atoms with Gasteiger partial charge in [-0.05, 0) is 17.7 Å². The lowest BCUT2D eigenvalue weighted by atomic mass is 10.1. The Morgan fingerprint density at radius 2 is 2.35 bits per heavy atom. The lowest BCUT2D eigenvalue weighted by Crippen LogP contribution is -2.30. The van der Waals surface area contributed by atoms with Gasteiger partial charge in [0.1, 0.15) is 5.37 Å². The maximum Gasteiger partial charge on any atom is 0.233 e. The normalized spacial score (nSPS) is 20.6. The fraction of sp³-hybridized carbons (Fsp3) is 0.462. The summed E-state index contributed by atoms with van der Waals surface area (Å²) in [6.45, 7) is 0.448. The van der Waals surface area contributed by atoms with Gasteiger partial charge in [0.25, 0.3) is 0 Å². The van der Waals surface area contributed by atoms with Crippen molar-refractivity contribution in [3.8, 4) is 17.2 Å². The first-order valence-electron chi connectivity index (χ1n) is 6.24. The number of carbonyl (C=O) groups is 1. The molecule has 1 fully saturated rings. The quantitative estimate of drug-likeness (QED) is 0.894. The Labute approximate surface area is 120 Å². The van der Waals surface area contributed by atoms with Gasteiger partial charge < -0.3 is 24.2 Å². The van der Waals surface area contributed by atoms with Crippen LogP contribution in [0.4, 0.5) is 0 Å². The summed E-state index contributed by atoms with van der Waals surface area (Å²) in [7, 11) is 1.57. The van der Waals surface area contributed by atoms with Crippen LogP contribution in [-0.2, 0) is 4.79 Å². The number of hydrogen-bond acceptors (Lipinski definition) is 6. The first kappa shape index (κ1) is 13.4. The maximum absolute atomic E-state index is 11.8. The van der Waals surface area contributed by atoms with Crippen molar-refractivity contribution in [1.82, 2.24) is 4.90 Å². The van der Waals surface area contributed by atoms with Crippen LogP contribution in [0.3, 0.4) is 0 Å². The van der Waals surface area contributed by atoms with Gasteiger partial charge in [0.05, 0.1) is 19.5 Å². The zero-order chi connectivity index (χ0) is 14.1. The smallest absolute Gasteiger partial charge is 0.233 e. The molecule has 2 heterocycles. The SMILES string of the molecule is COc1cc(C2SCC(=O)N2CCO)cc2c1OCO2. The van der Waals surface area contributed by atoms with E-state index in [1.165, 1.54) is 11.8 Å². The number of fused-ring (bicyclic) bond motifs is 1. The standard InChI is InChI=1S/C13H15NO5S/c1-17-9-4-8(5-10-12(9)19-7-18-10)13-14(2-3-15)11(16)6-20-13/h4-5,13,15H,2-3,6-7H2,1H3. The van der Waals surface area contributed by atoms with Crippen LogP contribution < -0.4 is 14.2 Å². The maximum atomic E-state index is 11.8. The molecule has 0 spiro atoms. The topological polar surface area (TPSA) is 68.2 Å². The van der Waals surface area contributed by atoms with E-state index < -0.39 is 0 Å². The monoisotopic (exact) mass is 297 g/mol. The molecule has 1 amide bonds. The van der Waals surface area contributed by atoms with Gasteiger partial charge in [-0.25, -0.2) is 0 Å². The number of benzene rings is 1. The van der Waals surface area contributed by atoms with Gasteiger partial charge in [0.15, 0.2) is 11.5 Å². The Kier molecular flexibility index (Phi) is 3.62. The first-order chi connectivity index (χ1) is 9.74. The Hall–Kier alpha value is -1.60. The highest BCUT2D eigenvalue weighted by Gasteiger charge is 2.34. The average molecular weight is 297 g/mol. The van der Waals surface area contributed by atoms with Gasteiger partial charge in [-0.15, -0.1) is 11.8 Å². The van der Waals surface area contributed by atoms with E-state index in [0.717, 1.165) is 5.56 Å². The number of thioether (sulfide) groups is 1. The van der Waals surface area contributed by atoms with Gasteiger partial charge in [-0.1, -0.05) is 0 Å².